The number of urea groups is 1. The van der Waals surface area contributed by atoms with Crippen LogP contribution >= 0.6 is 0 Å². The van der Waals surface area contributed by atoms with Crippen molar-refractivity contribution in [2.24, 2.45) is 0 Å². The number of carbonyl (C=O) groups is 2. The smallest absolute Gasteiger partial charge is 0.319 e. The summed E-state index contributed by atoms with van der Waals surface area (Å²) in [6.07, 6.45) is 3.60. The average Bonchev–Trinajstić information content (AvgIpc) is 2.68. The lowest BCUT2D eigenvalue weighted by atomic mass is 10.0. The van der Waals surface area contributed by atoms with Crippen LogP contribution in [-0.2, 0) is 0 Å². The summed E-state index contributed by atoms with van der Waals surface area (Å²) in [5.74, 6) is -0.224. The molecule has 8 heteroatoms. The molecule has 3 heterocycles. The van der Waals surface area contributed by atoms with Crippen molar-refractivity contribution in [3.05, 3.63) is 33.7 Å². The lowest BCUT2D eigenvalue weighted by Gasteiger charge is -2.36. The molecule has 27 heavy (non-hydrogen) atoms. The van der Waals surface area contributed by atoms with Gasteiger partial charge in [0.05, 0.1) is 0 Å². The number of piperazine rings is 1. The van der Waals surface area contributed by atoms with Crippen LogP contribution in [0.4, 0.5) is 4.79 Å². The molecule has 0 atom stereocenters. The molecule has 148 valence electrons. The minimum atomic E-state index is -0.224. The van der Waals surface area contributed by atoms with Gasteiger partial charge < -0.3 is 24.6 Å². The molecule has 1 N–H and O–H groups in total. The van der Waals surface area contributed by atoms with Gasteiger partial charge in [0.15, 0.2) is 0 Å². The zero-order valence-electron chi connectivity index (χ0n) is 16.4. The fraction of sp³-hybridized carbons (Fsp3) is 0.632. The number of amides is 3. The summed E-state index contributed by atoms with van der Waals surface area (Å²) < 4.78 is 1.73. The zero-order chi connectivity index (χ0) is 19.6. The molecule has 2 aliphatic rings. The normalized spacial score (nSPS) is 18.5. The highest BCUT2D eigenvalue weighted by Crippen LogP contribution is 2.18. The van der Waals surface area contributed by atoms with Crippen LogP contribution in [-0.4, -0.2) is 84.6 Å². The second-order valence-electron chi connectivity index (χ2n) is 7.52. The summed E-state index contributed by atoms with van der Waals surface area (Å²) in [7, 11) is 3.44. The second kappa shape index (κ2) is 8.12. The molecule has 0 spiro atoms. The first kappa shape index (κ1) is 19.4. The van der Waals surface area contributed by atoms with Crippen LogP contribution in [0.15, 0.2) is 17.1 Å². The van der Waals surface area contributed by atoms with Crippen LogP contribution < -0.4 is 10.9 Å². The molecular formula is C19H29N5O3. The fourth-order valence-electron chi connectivity index (χ4n) is 3.82. The molecule has 3 amide bonds. The Morgan fingerprint density at radius 1 is 1.07 bits per heavy atom. The van der Waals surface area contributed by atoms with Gasteiger partial charge in [-0.1, -0.05) is 0 Å². The number of aryl methyl sites for hydroxylation is 1. The van der Waals surface area contributed by atoms with Crippen LogP contribution in [0.3, 0.4) is 0 Å². The van der Waals surface area contributed by atoms with Crippen molar-refractivity contribution in [2.45, 2.75) is 25.8 Å². The Labute approximate surface area is 159 Å². The predicted octanol–water partition coefficient (Wildman–Crippen LogP) is 0.521. The highest BCUT2D eigenvalue weighted by molar-refractivity contribution is 5.95. The Morgan fingerprint density at radius 2 is 1.67 bits per heavy atom. The first-order valence-electron chi connectivity index (χ1n) is 9.58. The number of aromatic nitrogens is 1. The van der Waals surface area contributed by atoms with Gasteiger partial charge in [-0.3, -0.25) is 9.59 Å². The van der Waals surface area contributed by atoms with E-state index in [1.54, 1.807) is 28.5 Å². The first-order valence-corrected chi connectivity index (χ1v) is 9.58. The van der Waals surface area contributed by atoms with Gasteiger partial charge in [0.1, 0.15) is 5.56 Å². The standard InChI is InChI=1S/C19H29N5O3/c1-14-6-9-24(15-4-7-20-8-5-15)18(26)16(14)17(25)22-10-12-23(13-11-22)19(27)21(2)3/h6,9,15,20H,4-5,7-8,10-13H2,1-3H3. The molecule has 3 rings (SSSR count). The topological polar surface area (TPSA) is 77.9 Å². The van der Waals surface area contributed by atoms with Gasteiger partial charge in [-0.2, -0.15) is 0 Å². The van der Waals surface area contributed by atoms with Gasteiger partial charge in [0.2, 0.25) is 0 Å². The number of pyridine rings is 1. The summed E-state index contributed by atoms with van der Waals surface area (Å²) >= 11 is 0. The molecule has 1 aromatic heterocycles. The maximum Gasteiger partial charge on any atom is 0.319 e. The van der Waals surface area contributed by atoms with Gasteiger partial charge >= 0.3 is 6.03 Å². The summed E-state index contributed by atoms with van der Waals surface area (Å²) in [4.78, 5) is 43.2. The van der Waals surface area contributed by atoms with Crippen molar-refractivity contribution in [1.29, 1.82) is 0 Å². The Hall–Kier alpha value is -2.35. The van der Waals surface area contributed by atoms with E-state index in [0.717, 1.165) is 25.9 Å². The van der Waals surface area contributed by atoms with E-state index in [1.165, 1.54) is 4.90 Å². The van der Waals surface area contributed by atoms with Crippen LogP contribution in [0.5, 0.6) is 0 Å². The van der Waals surface area contributed by atoms with E-state index in [1.807, 2.05) is 19.2 Å². The Bertz CT molecular complexity index is 759. The number of hydrogen-bond donors (Lipinski definition) is 1. The first-order chi connectivity index (χ1) is 12.9. The Balaban J connectivity index is 1.77. The van der Waals surface area contributed by atoms with E-state index in [2.05, 4.69) is 5.32 Å². The third-order valence-electron chi connectivity index (χ3n) is 5.46. The third-order valence-corrected chi connectivity index (χ3v) is 5.46. The van der Waals surface area contributed by atoms with Gasteiger partial charge in [-0.05, 0) is 44.5 Å². The lowest BCUT2D eigenvalue weighted by molar-refractivity contribution is 0.0646. The molecule has 0 unspecified atom stereocenters. The minimum absolute atomic E-state index is 0.0498. The number of rotatable bonds is 2. The van der Waals surface area contributed by atoms with Crippen LogP contribution in [0.25, 0.3) is 0 Å². The van der Waals surface area contributed by atoms with Gasteiger partial charge in [0, 0.05) is 52.5 Å². The van der Waals surface area contributed by atoms with Crippen molar-refractivity contribution in [2.75, 3.05) is 53.4 Å². The van der Waals surface area contributed by atoms with Crippen molar-refractivity contribution in [1.82, 2.24) is 24.6 Å². The number of nitrogens with zero attached hydrogens (tertiary/aromatic N) is 4. The van der Waals surface area contributed by atoms with Gasteiger partial charge in [-0.25, -0.2) is 4.79 Å². The molecule has 2 saturated heterocycles. The quantitative estimate of drug-likeness (QED) is 0.818. The Morgan fingerprint density at radius 3 is 2.26 bits per heavy atom. The molecule has 0 bridgehead atoms. The molecule has 1 aromatic rings. The van der Waals surface area contributed by atoms with Gasteiger partial charge in [0.25, 0.3) is 11.5 Å². The summed E-state index contributed by atoms with van der Waals surface area (Å²) in [5, 5.41) is 3.30. The third kappa shape index (κ3) is 4.00. The number of nitrogens with one attached hydrogen (secondary N) is 1. The molecule has 0 radical (unpaired) electrons. The molecule has 0 aromatic carbocycles. The second-order valence-corrected chi connectivity index (χ2v) is 7.52. The minimum Gasteiger partial charge on any atom is -0.335 e. The fourth-order valence-corrected chi connectivity index (χ4v) is 3.82. The van der Waals surface area contributed by atoms with Crippen LogP contribution in [0.2, 0.25) is 0 Å². The number of piperidine rings is 1. The van der Waals surface area contributed by atoms with Crippen LogP contribution in [0.1, 0.15) is 34.8 Å². The predicted molar refractivity (Wildman–Crippen MR) is 103 cm³/mol. The summed E-state index contributed by atoms with van der Waals surface area (Å²) in [5.41, 5.74) is 0.782. The van der Waals surface area contributed by atoms with Crippen molar-refractivity contribution < 1.29 is 9.59 Å². The SMILES string of the molecule is Cc1ccn(C2CCNCC2)c(=O)c1C(=O)N1CCN(C(=O)N(C)C)CC1. The van der Waals surface area contributed by atoms with Crippen LogP contribution in [0, 0.1) is 6.92 Å². The molecule has 2 aliphatic heterocycles. The van der Waals surface area contributed by atoms with E-state index in [4.69, 9.17) is 0 Å². The van der Waals surface area contributed by atoms with Gasteiger partial charge in [-0.15, -0.1) is 0 Å². The highest BCUT2D eigenvalue weighted by Gasteiger charge is 2.29. The lowest BCUT2D eigenvalue weighted by Crippen LogP contribution is -2.53. The monoisotopic (exact) mass is 375 g/mol. The van der Waals surface area contributed by atoms with E-state index < -0.39 is 0 Å². The molecular weight excluding hydrogens is 346 g/mol. The maximum atomic E-state index is 13.1. The van der Waals surface area contributed by atoms with E-state index in [9.17, 15) is 14.4 Å². The maximum absolute atomic E-state index is 13.1. The van der Waals surface area contributed by atoms with Crippen molar-refractivity contribution in [3.63, 3.8) is 0 Å². The largest absolute Gasteiger partial charge is 0.335 e. The number of hydrogen-bond acceptors (Lipinski definition) is 4. The summed E-state index contributed by atoms with van der Waals surface area (Å²) in [6.45, 7) is 5.44. The van der Waals surface area contributed by atoms with E-state index >= 15 is 0 Å². The zero-order valence-corrected chi connectivity index (χ0v) is 16.4. The van der Waals surface area contributed by atoms with E-state index in [0.29, 0.717) is 31.7 Å². The van der Waals surface area contributed by atoms with E-state index in [-0.39, 0.29) is 29.1 Å². The number of carbonyl (C=O) groups excluding carboxylic acids is 2. The highest BCUT2D eigenvalue weighted by atomic mass is 16.2. The van der Waals surface area contributed by atoms with Crippen molar-refractivity contribution in [3.8, 4) is 0 Å². The molecule has 0 saturated carbocycles. The average molecular weight is 375 g/mol. The molecule has 2 fully saturated rings. The molecule has 0 aliphatic carbocycles. The Kier molecular flexibility index (Phi) is 5.84. The van der Waals surface area contributed by atoms with Crippen molar-refractivity contribution >= 4 is 11.9 Å². The molecule has 8 nitrogen and oxygen atoms in total. The summed E-state index contributed by atoms with van der Waals surface area (Å²) in [6, 6.07) is 1.95.